The third kappa shape index (κ3) is 4.42. The predicted octanol–water partition coefficient (Wildman–Crippen LogP) is 4.29. The molecule has 0 heterocycles. The largest absolute Gasteiger partial charge is 0.326 e. The van der Waals surface area contributed by atoms with Gasteiger partial charge in [0.2, 0.25) is 5.91 Å². The van der Waals surface area contributed by atoms with E-state index in [1.54, 1.807) is 12.1 Å². The highest BCUT2D eigenvalue weighted by molar-refractivity contribution is 6.06. The van der Waals surface area contributed by atoms with Crippen molar-refractivity contribution >= 4 is 23.2 Å². The van der Waals surface area contributed by atoms with Crippen molar-refractivity contribution in [3.05, 3.63) is 59.2 Å². The summed E-state index contributed by atoms with van der Waals surface area (Å²) in [6.45, 7) is 5.80. The summed E-state index contributed by atoms with van der Waals surface area (Å²) in [7, 11) is 0. The molecule has 2 N–H and O–H groups in total. The Balaban J connectivity index is 2.14. The predicted molar refractivity (Wildman–Crippen MR) is 93.8 cm³/mol. The van der Waals surface area contributed by atoms with E-state index in [4.69, 9.17) is 0 Å². The van der Waals surface area contributed by atoms with E-state index >= 15 is 0 Å². The van der Waals surface area contributed by atoms with Crippen LogP contribution in [-0.2, 0) is 4.79 Å². The fourth-order valence-electron chi connectivity index (χ4n) is 2.49. The maximum atomic E-state index is 12.5. The SMILES string of the molecule is CCCC(=O)Nc1cccc(NC(=O)c2c(C)cccc2C)c1. The van der Waals surface area contributed by atoms with Crippen molar-refractivity contribution in [1.29, 1.82) is 0 Å². The van der Waals surface area contributed by atoms with Gasteiger partial charge in [0.1, 0.15) is 0 Å². The molecule has 120 valence electrons. The maximum absolute atomic E-state index is 12.5. The average Bonchev–Trinajstić information content (AvgIpc) is 2.47. The fourth-order valence-corrected chi connectivity index (χ4v) is 2.49. The monoisotopic (exact) mass is 310 g/mol. The summed E-state index contributed by atoms with van der Waals surface area (Å²) in [4.78, 5) is 24.2. The highest BCUT2D eigenvalue weighted by atomic mass is 16.2. The van der Waals surface area contributed by atoms with Gasteiger partial charge < -0.3 is 10.6 Å². The van der Waals surface area contributed by atoms with E-state index in [0.29, 0.717) is 23.4 Å². The molecule has 4 nitrogen and oxygen atoms in total. The van der Waals surface area contributed by atoms with Crippen LogP contribution in [0.15, 0.2) is 42.5 Å². The van der Waals surface area contributed by atoms with E-state index in [0.717, 1.165) is 17.5 Å². The molecule has 0 aliphatic carbocycles. The molecule has 2 aromatic carbocycles. The molecule has 0 aliphatic rings. The number of carbonyl (C=O) groups excluding carboxylic acids is 2. The van der Waals surface area contributed by atoms with Crippen molar-refractivity contribution < 1.29 is 9.59 Å². The number of carbonyl (C=O) groups is 2. The Morgan fingerprint density at radius 1 is 0.913 bits per heavy atom. The molecule has 23 heavy (non-hydrogen) atoms. The zero-order chi connectivity index (χ0) is 16.8. The minimum absolute atomic E-state index is 0.0225. The summed E-state index contributed by atoms with van der Waals surface area (Å²) in [6, 6.07) is 13.0. The average molecular weight is 310 g/mol. The van der Waals surface area contributed by atoms with Crippen LogP contribution in [0.3, 0.4) is 0 Å². The molecule has 2 amide bonds. The fraction of sp³-hybridized carbons (Fsp3) is 0.263. The van der Waals surface area contributed by atoms with Crippen LogP contribution in [0.2, 0.25) is 0 Å². The number of amides is 2. The second-order valence-corrected chi connectivity index (χ2v) is 5.60. The van der Waals surface area contributed by atoms with Gasteiger partial charge in [0.15, 0.2) is 0 Å². The molecule has 0 unspecified atom stereocenters. The normalized spacial score (nSPS) is 10.2. The van der Waals surface area contributed by atoms with Crippen molar-refractivity contribution in [2.75, 3.05) is 10.6 Å². The van der Waals surface area contributed by atoms with E-state index in [9.17, 15) is 9.59 Å². The Labute approximate surface area is 136 Å². The van der Waals surface area contributed by atoms with Gasteiger partial charge in [-0.1, -0.05) is 31.2 Å². The smallest absolute Gasteiger partial charge is 0.256 e. The number of nitrogens with one attached hydrogen (secondary N) is 2. The molecule has 0 atom stereocenters. The van der Waals surface area contributed by atoms with Gasteiger partial charge in [-0.2, -0.15) is 0 Å². The third-order valence-electron chi connectivity index (χ3n) is 3.59. The van der Waals surface area contributed by atoms with Gasteiger partial charge in [-0.25, -0.2) is 0 Å². The molecular weight excluding hydrogens is 288 g/mol. The molecule has 2 rings (SSSR count). The first-order chi connectivity index (χ1) is 11.0. The minimum Gasteiger partial charge on any atom is -0.326 e. The number of hydrogen-bond acceptors (Lipinski definition) is 2. The summed E-state index contributed by atoms with van der Waals surface area (Å²) in [5, 5.41) is 5.72. The van der Waals surface area contributed by atoms with Gasteiger partial charge in [-0.15, -0.1) is 0 Å². The molecule has 2 aromatic rings. The Kier molecular flexibility index (Phi) is 5.52. The summed E-state index contributed by atoms with van der Waals surface area (Å²) in [5.41, 5.74) is 3.91. The lowest BCUT2D eigenvalue weighted by molar-refractivity contribution is -0.116. The van der Waals surface area contributed by atoms with Gasteiger partial charge in [0.25, 0.3) is 5.91 Å². The summed E-state index contributed by atoms with van der Waals surface area (Å²) < 4.78 is 0. The summed E-state index contributed by atoms with van der Waals surface area (Å²) >= 11 is 0. The van der Waals surface area contributed by atoms with Crippen LogP contribution in [0, 0.1) is 13.8 Å². The number of aryl methyl sites for hydroxylation is 2. The van der Waals surface area contributed by atoms with Crippen molar-refractivity contribution in [1.82, 2.24) is 0 Å². The van der Waals surface area contributed by atoms with Crippen LogP contribution in [-0.4, -0.2) is 11.8 Å². The number of benzene rings is 2. The molecule has 0 bridgehead atoms. The van der Waals surface area contributed by atoms with Crippen molar-refractivity contribution in [3.63, 3.8) is 0 Å². The van der Waals surface area contributed by atoms with Crippen LogP contribution in [0.25, 0.3) is 0 Å². The minimum atomic E-state index is -0.141. The maximum Gasteiger partial charge on any atom is 0.256 e. The summed E-state index contributed by atoms with van der Waals surface area (Å²) in [5.74, 6) is -0.164. The van der Waals surface area contributed by atoms with E-state index in [1.165, 1.54) is 0 Å². The summed E-state index contributed by atoms with van der Waals surface area (Å²) in [6.07, 6.45) is 1.29. The Morgan fingerprint density at radius 2 is 1.48 bits per heavy atom. The van der Waals surface area contributed by atoms with Crippen LogP contribution in [0.4, 0.5) is 11.4 Å². The first-order valence-electron chi connectivity index (χ1n) is 7.78. The highest BCUT2D eigenvalue weighted by Crippen LogP contribution is 2.19. The second kappa shape index (κ2) is 7.58. The van der Waals surface area contributed by atoms with Gasteiger partial charge in [-0.05, 0) is 49.6 Å². The highest BCUT2D eigenvalue weighted by Gasteiger charge is 2.12. The molecule has 0 saturated heterocycles. The van der Waals surface area contributed by atoms with E-state index < -0.39 is 0 Å². The first kappa shape index (κ1) is 16.7. The Hall–Kier alpha value is -2.62. The lowest BCUT2D eigenvalue weighted by atomic mass is 10.0. The Morgan fingerprint density at radius 3 is 2.09 bits per heavy atom. The number of rotatable bonds is 5. The molecule has 4 heteroatoms. The second-order valence-electron chi connectivity index (χ2n) is 5.60. The topological polar surface area (TPSA) is 58.2 Å². The molecule has 0 aliphatic heterocycles. The van der Waals surface area contributed by atoms with Gasteiger partial charge in [0, 0.05) is 23.4 Å². The number of hydrogen-bond donors (Lipinski definition) is 2. The van der Waals surface area contributed by atoms with Crippen molar-refractivity contribution in [3.8, 4) is 0 Å². The van der Waals surface area contributed by atoms with Crippen LogP contribution in [0.5, 0.6) is 0 Å². The molecule has 0 radical (unpaired) electrons. The van der Waals surface area contributed by atoms with Crippen molar-refractivity contribution in [2.45, 2.75) is 33.6 Å². The van der Waals surface area contributed by atoms with Gasteiger partial charge >= 0.3 is 0 Å². The van der Waals surface area contributed by atoms with Crippen molar-refractivity contribution in [2.24, 2.45) is 0 Å². The third-order valence-corrected chi connectivity index (χ3v) is 3.59. The van der Waals surface area contributed by atoms with Crippen LogP contribution >= 0.6 is 0 Å². The first-order valence-corrected chi connectivity index (χ1v) is 7.78. The van der Waals surface area contributed by atoms with Gasteiger partial charge in [-0.3, -0.25) is 9.59 Å². The van der Waals surface area contributed by atoms with Crippen LogP contribution < -0.4 is 10.6 Å². The lowest BCUT2D eigenvalue weighted by Gasteiger charge is -2.11. The van der Waals surface area contributed by atoms with E-state index in [1.807, 2.05) is 51.1 Å². The standard InChI is InChI=1S/C19H22N2O2/c1-4-7-17(22)20-15-10-6-11-16(12-15)21-19(23)18-13(2)8-5-9-14(18)3/h5-6,8-12H,4,7H2,1-3H3,(H,20,22)(H,21,23). The van der Waals surface area contributed by atoms with E-state index in [2.05, 4.69) is 10.6 Å². The molecule has 0 fully saturated rings. The van der Waals surface area contributed by atoms with Gasteiger partial charge in [0.05, 0.1) is 0 Å². The lowest BCUT2D eigenvalue weighted by Crippen LogP contribution is -2.15. The Bertz CT molecular complexity index is 703. The molecule has 0 saturated carbocycles. The molecular formula is C19H22N2O2. The number of anilines is 2. The zero-order valence-electron chi connectivity index (χ0n) is 13.8. The zero-order valence-corrected chi connectivity index (χ0v) is 13.8. The van der Waals surface area contributed by atoms with E-state index in [-0.39, 0.29) is 11.8 Å². The molecule has 0 spiro atoms. The molecule has 0 aromatic heterocycles. The van der Waals surface area contributed by atoms with Crippen LogP contribution in [0.1, 0.15) is 41.3 Å². The quantitative estimate of drug-likeness (QED) is 0.865.